The van der Waals surface area contributed by atoms with Crippen LogP contribution in [0.5, 0.6) is 0 Å². The highest BCUT2D eigenvalue weighted by molar-refractivity contribution is 7.87. The Bertz CT molecular complexity index is 1170. The molecule has 2 aromatic heterocycles. The molecule has 0 aliphatic carbocycles. The van der Waals surface area contributed by atoms with Gasteiger partial charge in [0.05, 0.1) is 35.9 Å². The molecule has 1 aromatic carbocycles. The van der Waals surface area contributed by atoms with Crippen LogP contribution in [-0.2, 0) is 21.5 Å². The van der Waals surface area contributed by atoms with E-state index in [1.165, 1.54) is 13.3 Å². The van der Waals surface area contributed by atoms with Gasteiger partial charge >= 0.3 is 0 Å². The zero-order valence-electron chi connectivity index (χ0n) is 17.6. The second-order valence-corrected chi connectivity index (χ2v) is 9.40. The van der Waals surface area contributed by atoms with Crippen LogP contribution in [0.3, 0.4) is 0 Å². The van der Waals surface area contributed by atoms with Crippen LogP contribution >= 0.6 is 0 Å². The lowest BCUT2D eigenvalue weighted by atomic mass is 10.0. The third-order valence-electron chi connectivity index (χ3n) is 5.56. The highest BCUT2D eigenvalue weighted by Crippen LogP contribution is 2.29. The first-order chi connectivity index (χ1) is 14.8. The zero-order chi connectivity index (χ0) is 22.2. The van der Waals surface area contributed by atoms with Gasteiger partial charge in [0.1, 0.15) is 11.8 Å². The number of aryl methyl sites for hydroxylation is 1. The molecule has 3 heterocycles. The van der Waals surface area contributed by atoms with Crippen LogP contribution in [0, 0.1) is 13.8 Å². The van der Waals surface area contributed by atoms with Gasteiger partial charge in [0, 0.05) is 7.05 Å². The molecule has 2 atom stereocenters. The number of rotatable bonds is 5. The number of nitrogens with zero attached hydrogens (tertiary/aromatic N) is 3. The Kier molecular flexibility index (Phi) is 5.69. The molecule has 1 aliphatic rings. The van der Waals surface area contributed by atoms with Gasteiger partial charge < -0.3 is 9.73 Å². The summed E-state index contributed by atoms with van der Waals surface area (Å²) < 4.78 is 35.9. The summed E-state index contributed by atoms with van der Waals surface area (Å²) in [6.07, 6.45) is 1.72. The number of amides is 1. The smallest absolute Gasteiger partial charge is 0.280 e. The first-order valence-electron chi connectivity index (χ1n) is 9.93. The topological polar surface area (TPSA) is 109 Å². The van der Waals surface area contributed by atoms with E-state index in [1.54, 1.807) is 12.1 Å². The predicted octanol–water partition coefficient (Wildman–Crippen LogP) is 2.36. The summed E-state index contributed by atoms with van der Waals surface area (Å²) in [6, 6.07) is 11.8. The third kappa shape index (κ3) is 4.27. The molecular formula is C21H25N5O4S. The maximum Gasteiger partial charge on any atom is 0.280 e. The molecule has 0 unspecified atom stereocenters. The molecule has 10 heteroatoms. The first-order valence-corrected chi connectivity index (χ1v) is 11.4. The number of aromatic nitrogens is 2. The number of carbonyl (C=O) groups excluding carboxylic acids is 1. The number of anilines is 1. The fraction of sp³-hybridized carbons (Fsp3) is 0.333. The first kappa shape index (κ1) is 21.3. The van der Waals surface area contributed by atoms with Crippen LogP contribution in [0.4, 0.5) is 5.69 Å². The van der Waals surface area contributed by atoms with E-state index in [9.17, 15) is 13.2 Å². The fourth-order valence-electron chi connectivity index (χ4n) is 3.78. The van der Waals surface area contributed by atoms with Crippen molar-refractivity contribution in [2.45, 2.75) is 38.9 Å². The second-order valence-electron chi connectivity index (χ2n) is 7.64. The lowest BCUT2D eigenvalue weighted by Crippen LogP contribution is -2.55. The van der Waals surface area contributed by atoms with Gasteiger partial charge in [-0.2, -0.15) is 22.5 Å². The Hall–Kier alpha value is -2.95. The molecular weight excluding hydrogens is 418 g/mol. The van der Waals surface area contributed by atoms with Gasteiger partial charge in [-0.3, -0.25) is 9.48 Å². The fourth-order valence-corrected chi connectivity index (χ4v) is 5.04. The summed E-state index contributed by atoms with van der Waals surface area (Å²) >= 11 is 0. The normalized spacial score (nSPS) is 21.1. The maximum absolute atomic E-state index is 13.1. The molecule has 164 valence electrons. The van der Waals surface area contributed by atoms with E-state index in [0.29, 0.717) is 23.7 Å². The molecule has 2 N–H and O–H groups in total. The summed E-state index contributed by atoms with van der Waals surface area (Å²) in [6.45, 7) is 4.28. The van der Waals surface area contributed by atoms with Crippen molar-refractivity contribution < 1.29 is 17.6 Å². The number of hydrogen-bond acceptors (Lipinski definition) is 5. The number of carbonyl (C=O) groups is 1. The van der Waals surface area contributed by atoms with Crippen molar-refractivity contribution in [3.63, 3.8) is 0 Å². The molecule has 0 radical (unpaired) electrons. The summed E-state index contributed by atoms with van der Waals surface area (Å²) in [5.41, 5.74) is 3.16. The van der Waals surface area contributed by atoms with Gasteiger partial charge in [-0.05, 0) is 38.0 Å². The van der Waals surface area contributed by atoms with E-state index in [2.05, 4.69) is 15.1 Å². The van der Waals surface area contributed by atoms with E-state index in [4.69, 9.17) is 4.42 Å². The minimum atomic E-state index is -3.84. The molecule has 0 saturated carbocycles. The van der Waals surface area contributed by atoms with Crippen LogP contribution in [0.15, 0.2) is 53.1 Å². The average molecular weight is 444 g/mol. The zero-order valence-corrected chi connectivity index (χ0v) is 18.4. The molecule has 31 heavy (non-hydrogen) atoms. The van der Waals surface area contributed by atoms with E-state index in [-0.39, 0.29) is 6.42 Å². The third-order valence-corrected chi connectivity index (χ3v) is 7.16. The molecule has 1 saturated heterocycles. The molecule has 1 aliphatic heterocycles. The molecule has 9 nitrogen and oxygen atoms in total. The molecule has 4 rings (SSSR count). The quantitative estimate of drug-likeness (QED) is 0.629. The van der Waals surface area contributed by atoms with Gasteiger partial charge in [0.2, 0.25) is 5.91 Å². The average Bonchev–Trinajstić information content (AvgIpc) is 3.36. The Labute approximate surface area is 181 Å². The lowest BCUT2D eigenvalue weighted by molar-refractivity contribution is -0.120. The minimum absolute atomic E-state index is 0.241. The molecule has 1 fully saturated rings. The van der Waals surface area contributed by atoms with Crippen LogP contribution in [0.25, 0.3) is 0 Å². The van der Waals surface area contributed by atoms with Crippen molar-refractivity contribution in [1.29, 1.82) is 0 Å². The maximum atomic E-state index is 13.1. The van der Waals surface area contributed by atoms with Crippen molar-refractivity contribution >= 4 is 21.8 Å². The Morgan fingerprint density at radius 3 is 2.65 bits per heavy atom. The summed E-state index contributed by atoms with van der Waals surface area (Å²) in [4.78, 5) is 13.1. The van der Waals surface area contributed by atoms with Gasteiger partial charge in [-0.15, -0.1) is 0 Å². The number of hydrogen-bond donors (Lipinski definition) is 2. The highest BCUT2D eigenvalue weighted by atomic mass is 32.2. The van der Waals surface area contributed by atoms with Crippen LogP contribution in [-0.4, -0.2) is 41.5 Å². The largest absolute Gasteiger partial charge is 0.468 e. The van der Waals surface area contributed by atoms with Gasteiger partial charge in [0.15, 0.2) is 0 Å². The number of benzene rings is 1. The van der Waals surface area contributed by atoms with Crippen molar-refractivity contribution in [3.05, 3.63) is 71.4 Å². The van der Waals surface area contributed by atoms with Gasteiger partial charge in [-0.1, -0.05) is 30.3 Å². The second kappa shape index (κ2) is 8.29. The summed E-state index contributed by atoms with van der Waals surface area (Å²) in [5.74, 6) is 0.0621. The number of furan rings is 1. The Balaban J connectivity index is 1.56. The van der Waals surface area contributed by atoms with Crippen LogP contribution < -0.4 is 10.0 Å². The Morgan fingerprint density at radius 1 is 1.23 bits per heavy atom. The SMILES string of the molecule is Cc1nn(Cc2ccccc2)c(C)c1NC(=O)[C@H]1C[C@@H](c2ccco2)NS(=O)(=O)N1C. The minimum Gasteiger partial charge on any atom is -0.468 e. The Morgan fingerprint density at radius 2 is 1.97 bits per heavy atom. The number of likely N-dealkylation sites (N-methyl/N-ethyl adjacent to an activating group) is 1. The van der Waals surface area contributed by atoms with Crippen molar-refractivity contribution in [2.75, 3.05) is 12.4 Å². The summed E-state index contributed by atoms with van der Waals surface area (Å²) in [7, 11) is -2.44. The van der Waals surface area contributed by atoms with E-state index >= 15 is 0 Å². The standard InChI is InChI=1S/C21H25N5O4S/c1-14-20(15(2)26(23-14)13-16-8-5-4-6-9-16)22-21(27)18-12-17(19-10-7-11-30-19)24-31(28,29)25(18)3/h4-11,17-18,24H,12-13H2,1-3H3,(H,22,27)/t17-,18+/m0/s1. The van der Waals surface area contributed by atoms with Crippen LogP contribution in [0.2, 0.25) is 0 Å². The van der Waals surface area contributed by atoms with E-state index in [0.717, 1.165) is 15.6 Å². The predicted molar refractivity (Wildman–Crippen MR) is 116 cm³/mol. The van der Waals surface area contributed by atoms with Crippen molar-refractivity contribution in [3.8, 4) is 0 Å². The molecule has 3 aromatic rings. The molecule has 0 bridgehead atoms. The van der Waals surface area contributed by atoms with E-state index in [1.807, 2.05) is 48.9 Å². The number of nitrogens with one attached hydrogen (secondary N) is 2. The lowest BCUT2D eigenvalue weighted by Gasteiger charge is -2.35. The van der Waals surface area contributed by atoms with Crippen molar-refractivity contribution in [1.82, 2.24) is 18.8 Å². The molecule has 1 amide bonds. The highest BCUT2D eigenvalue weighted by Gasteiger charge is 2.41. The van der Waals surface area contributed by atoms with Crippen LogP contribution in [0.1, 0.15) is 35.2 Å². The van der Waals surface area contributed by atoms with Gasteiger partial charge in [0.25, 0.3) is 10.2 Å². The monoisotopic (exact) mass is 443 g/mol. The summed E-state index contributed by atoms with van der Waals surface area (Å²) in [5, 5.41) is 7.45. The van der Waals surface area contributed by atoms with E-state index < -0.39 is 28.2 Å². The molecule has 0 spiro atoms. The van der Waals surface area contributed by atoms with Gasteiger partial charge in [-0.25, -0.2) is 0 Å². The van der Waals surface area contributed by atoms with Crippen molar-refractivity contribution in [2.24, 2.45) is 0 Å².